The number of carbonyl (C=O) groups is 1. The van der Waals surface area contributed by atoms with E-state index in [1.165, 1.54) is 0 Å². The highest BCUT2D eigenvalue weighted by atomic mass is 16.4. The third-order valence-corrected chi connectivity index (χ3v) is 0.571. The van der Waals surface area contributed by atoms with Gasteiger partial charge in [0.15, 0.2) is 0 Å². The van der Waals surface area contributed by atoms with Crippen molar-refractivity contribution in [3.05, 3.63) is 12.3 Å². The summed E-state index contributed by atoms with van der Waals surface area (Å²) >= 11 is 0. The van der Waals surface area contributed by atoms with Crippen LogP contribution in [0.5, 0.6) is 0 Å². The summed E-state index contributed by atoms with van der Waals surface area (Å²) in [7, 11) is 0. The van der Waals surface area contributed by atoms with Crippen LogP contribution in [0.4, 0.5) is 0 Å². The van der Waals surface area contributed by atoms with E-state index in [0.717, 1.165) is 6.39 Å². The van der Waals surface area contributed by atoms with Gasteiger partial charge in [-0.2, -0.15) is 0 Å². The smallest absolute Gasteiger partial charge is 0.306 e. The van der Waals surface area contributed by atoms with E-state index in [4.69, 9.17) is 5.73 Å². The zero-order valence-corrected chi connectivity index (χ0v) is 3.87. The highest BCUT2D eigenvalue weighted by Gasteiger charge is 2.02. The predicted octanol–water partition coefficient (Wildman–Crippen LogP) is -0.832. The van der Waals surface area contributed by atoms with Gasteiger partial charge in [-0.3, -0.25) is 4.79 Å². The van der Waals surface area contributed by atoms with Crippen LogP contribution in [0.1, 0.15) is 10.7 Å². The number of nitrogens with two attached hydrogens (primary N) is 1. The molecule has 1 amide bonds. The average Bonchev–Trinajstić information content (AvgIpc) is 2.12. The molecule has 42 valence electrons. The molecular formula is C3H3N3O2. The van der Waals surface area contributed by atoms with Crippen LogP contribution in [-0.4, -0.2) is 16.1 Å². The van der Waals surface area contributed by atoms with Crippen molar-refractivity contribution in [1.82, 2.24) is 10.2 Å². The Kier molecular flexibility index (Phi) is 0.957. The van der Waals surface area contributed by atoms with Gasteiger partial charge in [0.25, 0.3) is 0 Å². The van der Waals surface area contributed by atoms with Crippen molar-refractivity contribution in [2.75, 3.05) is 0 Å². The number of nitrogens with zero attached hydrogens (tertiary/aromatic N) is 2. The van der Waals surface area contributed by atoms with E-state index in [-0.39, 0.29) is 5.89 Å². The second-order valence-electron chi connectivity index (χ2n) is 1.11. The summed E-state index contributed by atoms with van der Waals surface area (Å²) in [5, 5.41) is 6.45. The fourth-order valence-corrected chi connectivity index (χ4v) is 0.280. The molecule has 1 heterocycles. The van der Waals surface area contributed by atoms with Crippen LogP contribution < -0.4 is 5.73 Å². The van der Waals surface area contributed by atoms with Gasteiger partial charge in [0.2, 0.25) is 6.39 Å². The molecule has 0 saturated carbocycles. The van der Waals surface area contributed by atoms with Crippen molar-refractivity contribution >= 4 is 5.91 Å². The topological polar surface area (TPSA) is 82.0 Å². The molecule has 0 spiro atoms. The highest BCUT2D eigenvalue weighted by molar-refractivity contribution is 5.87. The summed E-state index contributed by atoms with van der Waals surface area (Å²) < 4.78 is 4.40. The lowest BCUT2D eigenvalue weighted by molar-refractivity contribution is 0.0967. The van der Waals surface area contributed by atoms with Crippen molar-refractivity contribution in [1.29, 1.82) is 0 Å². The molecule has 8 heavy (non-hydrogen) atoms. The van der Waals surface area contributed by atoms with E-state index in [9.17, 15) is 4.79 Å². The average molecular weight is 113 g/mol. The first-order valence-corrected chi connectivity index (χ1v) is 1.86. The van der Waals surface area contributed by atoms with Gasteiger partial charge in [-0.05, 0) is 0 Å². The Hall–Kier alpha value is -1.39. The van der Waals surface area contributed by atoms with E-state index >= 15 is 0 Å². The van der Waals surface area contributed by atoms with Crippen molar-refractivity contribution in [3.63, 3.8) is 0 Å². The van der Waals surface area contributed by atoms with E-state index < -0.39 is 5.91 Å². The third kappa shape index (κ3) is 0.651. The molecule has 1 aromatic rings. The second-order valence-corrected chi connectivity index (χ2v) is 1.11. The number of amides is 1. The Morgan fingerprint density at radius 2 is 2.62 bits per heavy atom. The molecule has 2 N–H and O–H groups in total. The molecule has 0 fully saturated rings. The lowest BCUT2D eigenvalue weighted by Crippen LogP contribution is -2.10. The summed E-state index contributed by atoms with van der Waals surface area (Å²) in [4.78, 5) is 10.1. The van der Waals surface area contributed by atoms with Gasteiger partial charge >= 0.3 is 11.8 Å². The summed E-state index contributed by atoms with van der Waals surface area (Å²) in [6, 6.07) is 0. The monoisotopic (exact) mass is 113 g/mol. The lowest BCUT2D eigenvalue weighted by Gasteiger charge is -1.76. The van der Waals surface area contributed by atoms with Crippen LogP contribution >= 0.6 is 0 Å². The first-order valence-electron chi connectivity index (χ1n) is 1.86. The lowest BCUT2D eigenvalue weighted by atomic mass is 10.6. The fourth-order valence-electron chi connectivity index (χ4n) is 0.280. The predicted molar refractivity (Wildman–Crippen MR) is 22.8 cm³/mol. The van der Waals surface area contributed by atoms with Crippen LogP contribution in [0.15, 0.2) is 10.8 Å². The number of rotatable bonds is 1. The van der Waals surface area contributed by atoms with Gasteiger partial charge in [-0.1, -0.05) is 0 Å². The number of hydrogen-bond donors (Lipinski definition) is 1. The largest absolute Gasteiger partial charge is 0.420 e. The maximum absolute atomic E-state index is 10.1. The molecule has 0 unspecified atom stereocenters. The van der Waals surface area contributed by atoms with Gasteiger partial charge in [-0.15, -0.1) is 10.2 Å². The number of aromatic nitrogens is 2. The molecule has 0 saturated heterocycles. The van der Waals surface area contributed by atoms with Crippen molar-refractivity contribution in [2.45, 2.75) is 0 Å². The second kappa shape index (κ2) is 1.61. The summed E-state index contributed by atoms with van der Waals surface area (Å²) in [6.45, 7) is 0. The SMILES string of the molecule is NC(=O)c1nnco1. The molecule has 0 aliphatic rings. The third-order valence-electron chi connectivity index (χ3n) is 0.571. The van der Waals surface area contributed by atoms with E-state index in [1.807, 2.05) is 0 Å². The van der Waals surface area contributed by atoms with Gasteiger partial charge in [0.05, 0.1) is 0 Å². The Morgan fingerprint density at radius 3 is 2.88 bits per heavy atom. The van der Waals surface area contributed by atoms with Gasteiger partial charge < -0.3 is 10.2 Å². The molecule has 5 heteroatoms. The van der Waals surface area contributed by atoms with E-state index in [2.05, 4.69) is 14.6 Å². The summed E-state index contributed by atoms with van der Waals surface area (Å²) in [5.41, 5.74) is 4.72. The van der Waals surface area contributed by atoms with Crippen LogP contribution in [-0.2, 0) is 0 Å². The Bertz CT molecular complexity index is 180. The molecule has 0 atom stereocenters. The number of hydrogen-bond acceptors (Lipinski definition) is 4. The fraction of sp³-hybridized carbons (Fsp3) is 0. The zero-order valence-electron chi connectivity index (χ0n) is 3.87. The highest BCUT2D eigenvalue weighted by Crippen LogP contribution is 1.85. The van der Waals surface area contributed by atoms with Crippen molar-refractivity contribution in [3.8, 4) is 0 Å². The van der Waals surface area contributed by atoms with Crippen LogP contribution in [0.2, 0.25) is 0 Å². The van der Waals surface area contributed by atoms with Crippen LogP contribution in [0, 0.1) is 0 Å². The first-order chi connectivity index (χ1) is 3.80. The maximum Gasteiger partial charge on any atom is 0.306 e. The van der Waals surface area contributed by atoms with Crippen LogP contribution in [0.25, 0.3) is 0 Å². The van der Waals surface area contributed by atoms with Gasteiger partial charge in [-0.25, -0.2) is 0 Å². The zero-order chi connectivity index (χ0) is 5.98. The maximum atomic E-state index is 10.1. The Balaban J connectivity index is 2.93. The Morgan fingerprint density at radius 1 is 1.88 bits per heavy atom. The Labute approximate surface area is 44.5 Å². The molecular weight excluding hydrogens is 110 g/mol. The molecule has 0 bridgehead atoms. The molecule has 0 aliphatic heterocycles. The number of carbonyl (C=O) groups excluding carboxylic acids is 1. The molecule has 1 aromatic heterocycles. The van der Waals surface area contributed by atoms with Crippen molar-refractivity contribution in [2.24, 2.45) is 5.73 Å². The molecule has 5 nitrogen and oxygen atoms in total. The standard InChI is InChI=1S/C3H3N3O2/c4-2(7)3-6-5-1-8-3/h1H,(H2,4,7). The normalized spacial score (nSPS) is 9.00. The minimum absolute atomic E-state index is 0.162. The minimum Gasteiger partial charge on any atom is -0.420 e. The van der Waals surface area contributed by atoms with Gasteiger partial charge in [0.1, 0.15) is 0 Å². The summed E-state index contributed by atoms with van der Waals surface area (Å²) in [5.74, 6) is -0.868. The quantitative estimate of drug-likeness (QED) is 0.515. The minimum atomic E-state index is -0.706. The molecule has 0 aliphatic carbocycles. The van der Waals surface area contributed by atoms with Crippen molar-refractivity contribution < 1.29 is 9.21 Å². The number of primary amides is 1. The van der Waals surface area contributed by atoms with Crippen LogP contribution in [0.3, 0.4) is 0 Å². The molecule has 1 rings (SSSR count). The molecule has 0 radical (unpaired) electrons. The first kappa shape index (κ1) is 4.76. The molecule has 0 aromatic carbocycles. The van der Waals surface area contributed by atoms with E-state index in [0.29, 0.717) is 0 Å². The van der Waals surface area contributed by atoms with Gasteiger partial charge in [0, 0.05) is 0 Å². The van der Waals surface area contributed by atoms with E-state index in [1.54, 1.807) is 0 Å². The summed E-state index contributed by atoms with van der Waals surface area (Å²) in [6.07, 6.45) is 1.04.